The van der Waals surface area contributed by atoms with Gasteiger partial charge in [-0.3, -0.25) is 4.79 Å². The van der Waals surface area contributed by atoms with Gasteiger partial charge in [0.15, 0.2) is 0 Å². The van der Waals surface area contributed by atoms with Crippen LogP contribution in [0.5, 0.6) is 0 Å². The molecule has 4 heteroatoms. The Kier molecular flexibility index (Phi) is 5.10. The van der Waals surface area contributed by atoms with Crippen LogP contribution in [0.2, 0.25) is 10.0 Å². The molecule has 0 aliphatic carbocycles. The molecule has 0 aromatic heterocycles. The fraction of sp³-hybridized carbons (Fsp3) is 0.417. The van der Waals surface area contributed by atoms with Crippen LogP contribution in [0.15, 0.2) is 18.2 Å². The molecular formula is C12H14Cl2O2. The van der Waals surface area contributed by atoms with Crippen molar-refractivity contribution in [2.45, 2.75) is 32.1 Å². The third kappa shape index (κ3) is 3.39. The topological polar surface area (TPSA) is 37.3 Å². The number of carboxylic acid groups (broad SMARTS) is 1. The van der Waals surface area contributed by atoms with E-state index < -0.39 is 5.97 Å². The summed E-state index contributed by atoms with van der Waals surface area (Å²) in [5.41, 5.74) is 0.832. The minimum absolute atomic E-state index is 0.0614. The van der Waals surface area contributed by atoms with Crippen LogP contribution in [0, 0.1) is 0 Å². The predicted octanol–water partition coefficient (Wildman–Crippen LogP) is 4.35. The summed E-state index contributed by atoms with van der Waals surface area (Å²) < 4.78 is 0. The molecule has 0 aliphatic rings. The van der Waals surface area contributed by atoms with Gasteiger partial charge >= 0.3 is 5.97 Å². The van der Waals surface area contributed by atoms with E-state index in [0.717, 1.165) is 18.4 Å². The fourth-order valence-electron chi connectivity index (χ4n) is 1.76. The molecule has 2 nitrogen and oxygen atoms in total. The Labute approximate surface area is 105 Å². The number of halogens is 2. The highest BCUT2D eigenvalue weighted by Gasteiger charge is 2.18. The lowest BCUT2D eigenvalue weighted by molar-refractivity contribution is -0.137. The molecule has 0 aliphatic heterocycles. The quantitative estimate of drug-likeness (QED) is 0.855. The molecule has 0 fully saturated rings. The Morgan fingerprint density at radius 3 is 2.69 bits per heavy atom. The van der Waals surface area contributed by atoms with E-state index in [2.05, 4.69) is 0 Å². The lowest BCUT2D eigenvalue weighted by Crippen LogP contribution is -2.07. The molecule has 16 heavy (non-hydrogen) atoms. The third-order valence-corrected chi connectivity index (χ3v) is 3.31. The second-order valence-corrected chi connectivity index (χ2v) is 4.51. The Morgan fingerprint density at radius 2 is 2.12 bits per heavy atom. The number of hydrogen-bond donors (Lipinski definition) is 1. The van der Waals surface area contributed by atoms with E-state index in [1.165, 1.54) is 0 Å². The second kappa shape index (κ2) is 6.12. The largest absolute Gasteiger partial charge is 0.481 e. The summed E-state index contributed by atoms with van der Waals surface area (Å²) in [6, 6.07) is 5.35. The maximum absolute atomic E-state index is 10.8. The van der Waals surface area contributed by atoms with Gasteiger partial charge in [0.2, 0.25) is 0 Å². The zero-order valence-electron chi connectivity index (χ0n) is 9.04. The third-order valence-electron chi connectivity index (χ3n) is 2.48. The van der Waals surface area contributed by atoms with Gasteiger partial charge in [0.05, 0.1) is 16.5 Å². The monoisotopic (exact) mass is 260 g/mol. The van der Waals surface area contributed by atoms with Gasteiger partial charge in [-0.05, 0) is 24.0 Å². The molecule has 0 saturated heterocycles. The SMILES string of the molecule is CCCC(CC(=O)O)c1cccc(Cl)c1Cl. The van der Waals surface area contributed by atoms with E-state index in [1.54, 1.807) is 12.1 Å². The minimum atomic E-state index is -0.811. The summed E-state index contributed by atoms with van der Waals surface area (Å²) in [6.07, 6.45) is 1.81. The van der Waals surface area contributed by atoms with Gasteiger partial charge < -0.3 is 5.11 Å². The van der Waals surface area contributed by atoms with Crippen molar-refractivity contribution >= 4 is 29.2 Å². The Morgan fingerprint density at radius 1 is 1.44 bits per heavy atom. The molecule has 88 valence electrons. The molecule has 1 N–H and O–H groups in total. The van der Waals surface area contributed by atoms with Crippen LogP contribution in [0.1, 0.15) is 37.7 Å². The van der Waals surface area contributed by atoms with E-state index in [-0.39, 0.29) is 12.3 Å². The summed E-state index contributed by atoms with van der Waals surface area (Å²) in [5, 5.41) is 9.81. The van der Waals surface area contributed by atoms with E-state index in [1.807, 2.05) is 13.0 Å². The van der Waals surface area contributed by atoms with Gasteiger partial charge in [0.25, 0.3) is 0 Å². The second-order valence-electron chi connectivity index (χ2n) is 3.73. The molecule has 1 aromatic carbocycles. The zero-order chi connectivity index (χ0) is 12.1. The summed E-state index contributed by atoms with van der Waals surface area (Å²) in [7, 11) is 0. The van der Waals surface area contributed by atoms with Crippen LogP contribution in [0.3, 0.4) is 0 Å². The van der Waals surface area contributed by atoms with Gasteiger partial charge in [0.1, 0.15) is 0 Å². The number of aliphatic carboxylic acids is 1. The van der Waals surface area contributed by atoms with Crippen LogP contribution in [-0.2, 0) is 4.79 Å². The molecule has 0 bridgehead atoms. The molecule has 1 aromatic rings. The van der Waals surface area contributed by atoms with Gasteiger partial charge in [0, 0.05) is 0 Å². The predicted molar refractivity (Wildman–Crippen MR) is 66.4 cm³/mol. The number of carboxylic acids is 1. The summed E-state index contributed by atoms with van der Waals surface area (Å²) in [5.74, 6) is -0.872. The standard InChI is InChI=1S/C12H14Cl2O2/c1-2-4-8(7-11(15)16)9-5-3-6-10(13)12(9)14/h3,5-6,8H,2,4,7H2,1H3,(H,15,16). The number of rotatable bonds is 5. The maximum Gasteiger partial charge on any atom is 0.303 e. The molecule has 1 unspecified atom stereocenters. The van der Waals surface area contributed by atoms with Crippen molar-refractivity contribution < 1.29 is 9.90 Å². The Balaban J connectivity index is 3.00. The number of carbonyl (C=O) groups is 1. The number of benzene rings is 1. The lowest BCUT2D eigenvalue weighted by Gasteiger charge is -2.16. The molecule has 1 atom stereocenters. The lowest BCUT2D eigenvalue weighted by atomic mass is 9.91. The van der Waals surface area contributed by atoms with Crippen molar-refractivity contribution in [3.05, 3.63) is 33.8 Å². The molecule has 1 rings (SSSR count). The van der Waals surface area contributed by atoms with Crippen LogP contribution >= 0.6 is 23.2 Å². The van der Waals surface area contributed by atoms with Gasteiger partial charge in [-0.1, -0.05) is 48.7 Å². The van der Waals surface area contributed by atoms with Gasteiger partial charge in [-0.2, -0.15) is 0 Å². The van der Waals surface area contributed by atoms with Crippen LogP contribution < -0.4 is 0 Å². The van der Waals surface area contributed by atoms with Crippen molar-refractivity contribution in [1.82, 2.24) is 0 Å². The minimum Gasteiger partial charge on any atom is -0.481 e. The van der Waals surface area contributed by atoms with Crippen molar-refractivity contribution in [2.24, 2.45) is 0 Å². The highest BCUT2D eigenvalue weighted by molar-refractivity contribution is 6.42. The summed E-state index contributed by atoms with van der Waals surface area (Å²) >= 11 is 12.0. The molecule has 0 radical (unpaired) electrons. The van der Waals surface area contributed by atoms with Gasteiger partial charge in [-0.25, -0.2) is 0 Å². The molecule has 0 saturated carbocycles. The van der Waals surface area contributed by atoms with Crippen molar-refractivity contribution in [3.8, 4) is 0 Å². The van der Waals surface area contributed by atoms with Crippen LogP contribution in [0.25, 0.3) is 0 Å². The first-order valence-corrected chi connectivity index (χ1v) is 5.97. The Hall–Kier alpha value is -0.730. The first-order valence-electron chi connectivity index (χ1n) is 5.22. The van der Waals surface area contributed by atoms with Crippen molar-refractivity contribution in [3.63, 3.8) is 0 Å². The highest BCUT2D eigenvalue weighted by Crippen LogP contribution is 2.34. The van der Waals surface area contributed by atoms with E-state index in [4.69, 9.17) is 28.3 Å². The molecular weight excluding hydrogens is 247 g/mol. The maximum atomic E-state index is 10.8. The molecule has 0 spiro atoms. The molecule has 0 amide bonds. The van der Waals surface area contributed by atoms with Crippen LogP contribution in [-0.4, -0.2) is 11.1 Å². The fourth-order valence-corrected chi connectivity index (χ4v) is 2.22. The van der Waals surface area contributed by atoms with Crippen molar-refractivity contribution in [2.75, 3.05) is 0 Å². The van der Waals surface area contributed by atoms with E-state index in [0.29, 0.717) is 10.0 Å². The average molecular weight is 261 g/mol. The normalized spacial score (nSPS) is 12.4. The summed E-state index contributed by atoms with van der Waals surface area (Å²) in [4.78, 5) is 10.8. The molecule has 0 heterocycles. The Bertz CT molecular complexity index is 377. The van der Waals surface area contributed by atoms with E-state index in [9.17, 15) is 4.79 Å². The van der Waals surface area contributed by atoms with Gasteiger partial charge in [-0.15, -0.1) is 0 Å². The first-order chi connectivity index (χ1) is 7.56. The average Bonchev–Trinajstić information content (AvgIpc) is 2.21. The zero-order valence-corrected chi connectivity index (χ0v) is 10.6. The first kappa shape index (κ1) is 13.3. The number of hydrogen-bond acceptors (Lipinski definition) is 1. The van der Waals surface area contributed by atoms with E-state index >= 15 is 0 Å². The smallest absolute Gasteiger partial charge is 0.303 e. The highest BCUT2D eigenvalue weighted by atomic mass is 35.5. The van der Waals surface area contributed by atoms with Crippen LogP contribution in [0.4, 0.5) is 0 Å². The summed E-state index contributed by atoms with van der Waals surface area (Å²) in [6.45, 7) is 2.02. The van der Waals surface area contributed by atoms with Crippen molar-refractivity contribution in [1.29, 1.82) is 0 Å².